The quantitative estimate of drug-likeness (QED) is 0.556. The van der Waals surface area contributed by atoms with E-state index in [1.165, 1.54) is 18.6 Å². The summed E-state index contributed by atoms with van der Waals surface area (Å²) >= 11 is 0. The van der Waals surface area contributed by atoms with Gasteiger partial charge >= 0.3 is 0 Å². The summed E-state index contributed by atoms with van der Waals surface area (Å²) in [6.07, 6.45) is 7.26. The second-order valence-corrected chi connectivity index (χ2v) is 5.72. The molecule has 9 heteroatoms. The van der Waals surface area contributed by atoms with E-state index in [9.17, 15) is 9.18 Å². The lowest BCUT2D eigenvalue weighted by Gasteiger charge is -2.09. The van der Waals surface area contributed by atoms with Gasteiger partial charge in [0.1, 0.15) is 12.1 Å². The average molecular weight is 375 g/mol. The van der Waals surface area contributed by atoms with E-state index in [0.29, 0.717) is 17.3 Å². The molecule has 1 amide bonds. The molecule has 0 radical (unpaired) electrons. The summed E-state index contributed by atoms with van der Waals surface area (Å²) in [6.45, 7) is 0. The highest BCUT2D eigenvalue weighted by molar-refractivity contribution is 6.04. The first-order valence-corrected chi connectivity index (χ1v) is 8.29. The minimum atomic E-state index is -0.671. The van der Waals surface area contributed by atoms with Crippen LogP contribution in [0.15, 0.2) is 73.6 Å². The van der Waals surface area contributed by atoms with Crippen molar-refractivity contribution in [3.8, 4) is 5.82 Å². The highest BCUT2D eigenvalue weighted by Gasteiger charge is 2.11. The number of carbonyl (C=O) groups excluding carboxylic acids is 1. The molecule has 28 heavy (non-hydrogen) atoms. The fraction of sp³-hybridized carbons (Fsp3) is 0. The topological polar surface area (TPSA) is 97.6 Å². The van der Waals surface area contributed by atoms with Gasteiger partial charge in [0.05, 0.1) is 11.8 Å². The first-order valence-electron chi connectivity index (χ1n) is 8.29. The lowest BCUT2D eigenvalue weighted by molar-refractivity contribution is 0.102. The third-order valence-electron chi connectivity index (χ3n) is 3.82. The van der Waals surface area contributed by atoms with Crippen LogP contribution in [0.3, 0.4) is 0 Å². The molecular formula is C19H14FN7O. The summed E-state index contributed by atoms with van der Waals surface area (Å²) in [4.78, 5) is 24.1. The third-order valence-corrected chi connectivity index (χ3v) is 3.82. The number of aromatic nitrogens is 5. The number of benzene rings is 1. The van der Waals surface area contributed by atoms with Crippen molar-refractivity contribution in [2.24, 2.45) is 0 Å². The molecule has 4 aromatic rings. The first kappa shape index (κ1) is 17.3. The number of nitrogens with zero attached hydrogens (tertiary/aromatic N) is 5. The number of nitrogens with one attached hydrogen (secondary N) is 2. The van der Waals surface area contributed by atoms with Crippen LogP contribution < -0.4 is 10.6 Å². The maximum Gasteiger partial charge on any atom is 0.258 e. The van der Waals surface area contributed by atoms with Crippen LogP contribution in [0.5, 0.6) is 0 Å². The van der Waals surface area contributed by atoms with E-state index in [0.717, 1.165) is 11.9 Å². The van der Waals surface area contributed by atoms with Gasteiger partial charge in [-0.05, 0) is 36.4 Å². The van der Waals surface area contributed by atoms with Crippen LogP contribution in [0.4, 0.5) is 21.6 Å². The van der Waals surface area contributed by atoms with Crippen LogP contribution in [0.1, 0.15) is 10.4 Å². The Morgan fingerprint density at radius 2 is 1.86 bits per heavy atom. The van der Waals surface area contributed by atoms with E-state index in [-0.39, 0.29) is 5.56 Å². The molecule has 0 aliphatic heterocycles. The van der Waals surface area contributed by atoms with Crippen molar-refractivity contribution in [1.29, 1.82) is 0 Å². The summed E-state index contributed by atoms with van der Waals surface area (Å²) in [7, 11) is 0. The van der Waals surface area contributed by atoms with Gasteiger partial charge in [0.15, 0.2) is 11.6 Å². The molecule has 0 fully saturated rings. The molecule has 0 aliphatic rings. The van der Waals surface area contributed by atoms with Gasteiger partial charge in [-0.2, -0.15) is 5.10 Å². The van der Waals surface area contributed by atoms with Crippen LogP contribution in [-0.4, -0.2) is 30.6 Å². The number of pyridine rings is 1. The molecule has 8 nitrogen and oxygen atoms in total. The Hall–Kier alpha value is -4.14. The van der Waals surface area contributed by atoms with Crippen molar-refractivity contribution in [1.82, 2.24) is 24.7 Å². The lowest BCUT2D eigenvalue weighted by atomic mass is 10.2. The smallest absolute Gasteiger partial charge is 0.258 e. The zero-order valence-electron chi connectivity index (χ0n) is 14.5. The lowest BCUT2D eigenvalue weighted by Crippen LogP contribution is -2.13. The molecular weight excluding hydrogens is 361 g/mol. The number of rotatable bonds is 5. The number of anilines is 3. The minimum Gasteiger partial charge on any atom is -0.340 e. The molecule has 0 unspecified atom stereocenters. The molecule has 0 bridgehead atoms. The van der Waals surface area contributed by atoms with E-state index in [4.69, 9.17) is 0 Å². The Labute approximate surface area is 159 Å². The Balaban J connectivity index is 1.45. The highest BCUT2D eigenvalue weighted by atomic mass is 19.1. The second-order valence-electron chi connectivity index (χ2n) is 5.72. The molecule has 2 N–H and O–H groups in total. The van der Waals surface area contributed by atoms with Gasteiger partial charge in [-0.1, -0.05) is 0 Å². The fourth-order valence-electron chi connectivity index (χ4n) is 2.49. The summed E-state index contributed by atoms with van der Waals surface area (Å²) in [5.41, 5.74) is 1.23. The van der Waals surface area contributed by atoms with Crippen LogP contribution in [0, 0.1) is 5.82 Å². The molecule has 0 atom stereocenters. The predicted molar refractivity (Wildman–Crippen MR) is 101 cm³/mol. The summed E-state index contributed by atoms with van der Waals surface area (Å²) in [5, 5.41) is 9.93. The van der Waals surface area contributed by atoms with Gasteiger partial charge in [0.2, 0.25) is 0 Å². The van der Waals surface area contributed by atoms with Crippen molar-refractivity contribution in [3.63, 3.8) is 0 Å². The number of amides is 1. The van der Waals surface area contributed by atoms with Crippen LogP contribution in [0.25, 0.3) is 5.82 Å². The number of carbonyl (C=O) groups is 1. The van der Waals surface area contributed by atoms with Crippen molar-refractivity contribution in [2.45, 2.75) is 0 Å². The molecule has 0 aliphatic carbocycles. The Morgan fingerprint density at radius 1 is 1.04 bits per heavy atom. The zero-order chi connectivity index (χ0) is 19.3. The van der Waals surface area contributed by atoms with Gasteiger partial charge in [-0.3, -0.25) is 9.78 Å². The molecule has 3 heterocycles. The standard InChI is InChI=1S/C19H14FN7O/c20-16-11-21-8-6-15(16)19(28)26-14-4-2-13(3-5-14)25-17-10-18(23-12-22-17)27-9-1-7-24-27/h1-12H,(H,26,28)(H,22,23,25). The maximum atomic E-state index is 13.6. The van der Waals surface area contributed by atoms with Gasteiger partial charge in [0.25, 0.3) is 5.91 Å². The molecule has 0 saturated heterocycles. The monoisotopic (exact) mass is 375 g/mol. The Kier molecular flexibility index (Phi) is 4.70. The second kappa shape index (κ2) is 7.62. The maximum absolute atomic E-state index is 13.6. The summed E-state index contributed by atoms with van der Waals surface area (Å²) in [6, 6.07) is 11.8. The minimum absolute atomic E-state index is 0.0654. The Bertz CT molecular complexity index is 1100. The van der Waals surface area contributed by atoms with E-state index in [1.54, 1.807) is 53.5 Å². The van der Waals surface area contributed by atoms with Gasteiger partial charge in [0, 0.05) is 36.0 Å². The number of hydrogen-bond acceptors (Lipinski definition) is 6. The van der Waals surface area contributed by atoms with Crippen molar-refractivity contribution < 1.29 is 9.18 Å². The molecule has 0 spiro atoms. The number of hydrogen-bond donors (Lipinski definition) is 2. The van der Waals surface area contributed by atoms with Crippen molar-refractivity contribution in [2.75, 3.05) is 10.6 Å². The molecule has 0 saturated carbocycles. The number of halogens is 1. The highest BCUT2D eigenvalue weighted by Crippen LogP contribution is 2.19. The van der Waals surface area contributed by atoms with Gasteiger partial charge in [-0.25, -0.2) is 19.0 Å². The van der Waals surface area contributed by atoms with Crippen LogP contribution >= 0.6 is 0 Å². The fourth-order valence-corrected chi connectivity index (χ4v) is 2.49. The molecule has 1 aromatic carbocycles. The van der Waals surface area contributed by atoms with Crippen molar-refractivity contribution in [3.05, 3.63) is 85.0 Å². The Morgan fingerprint density at radius 3 is 2.61 bits per heavy atom. The van der Waals surface area contributed by atoms with Gasteiger partial charge in [-0.15, -0.1) is 0 Å². The van der Waals surface area contributed by atoms with E-state index < -0.39 is 11.7 Å². The van der Waals surface area contributed by atoms with Crippen molar-refractivity contribution >= 4 is 23.1 Å². The van der Waals surface area contributed by atoms with Crippen LogP contribution in [0.2, 0.25) is 0 Å². The molecule has 3 aromatic heterocycles. The van der Waals surface area contributed by atoms with Gasteiger partial charge < -0.3 is 10.6 Å². The van der Waals surface area contributed by atoms with E-state index >= 15 is 0 Å². The largest absolute Gasteiger partial charge is 0.340 e. The molecule has 4 rings (SSSR count). The zero-order valence-corrected chi connectivity index (χ0v) is 14.5. The SMILES string of the molecule is O=C(Nc1ccc(Nc2cc(-n3cccn3)ncn2)cc1)c1ccncc1F. The predicted octanol–water partition coefficient (Wildman–Crippen LogP) is 3.19. The molecule has 138 valence electrons. The summed E-state index contributed by atoms with van der Waals surface area (Å²) < 4.78 is 15.3. The van der Waals surface area contributed by atoms with E-state index in [1.807, 2.05) is 0 Å². The first-order chi connectivity index (χ1) is 13.7. The third kappa shape index (κ3) is 3.83. The van der Waals surface area contributed by atoms with E-state index in [2.05, 4.69) is 30.7 Å². The average Bonchev–Trinajstić information content (AvgIpc) is 3.25. The van der Waals surface area contributed by atoms with Crippen LogP contribution in [-0.2, 0) is 0 Å². The normalized spacial score (nSPS) is 10.5. The summed E-state index contributed by atoms with van der Waals surface area (Å²) in [5.74, 6) is 0.0113.